The van der Waals surface area contributed by atoms with E-state index < -0.39 is 0 Å². The molecular weight excluding hydrogens is 286 g/mol. The van der Waals surface area contributed by atoms with Crippen molar-refractivity contribution in [1.82, 2.24) is 15.0 Å². The summed E-state index contributed by atoms with van der Waals surface area (Å²) >= 11 is 0. The van der Waals surface area contributed by atoms with Crippen LogP contribution in [0.5, 0.6) is 0 Å². The van der Waals surface area contributed by atoms with Gasteiger partial charge in [0, 0.05) is 24.5 Å². The second-order valence-corrected chi connectivity index (χ2v) is 6.22. The molecule has 1 aliphatic heterocycles. The zero-order valence-corrected chi connectivity index (χ0v) is 13.6. The number of rotatable bonds is 3. The van der Waals surface area contributed by atoms with Crippen LogP contribution in [-0.4, -0.2) is 28.0 Å². The number of hydrogen-bond donors (Lipinski definition) is 2. The van der Waals surface area contributed by atoms with Crippen molar-refractivity contribution in [3.63, 3.8) is 0 Å². The molecule has 3 aromatic rings. The molecule has 0 unspecified atom stereocenters. The number of para-hydroxylation sites is 1. The number of nitrogens with one attached hydrogen (secondary N) is 2. The standard InChI is InChI=1S/C18H21N5/c1-12-7-3-4-8-15(12)20-17-14-11-13(2)19-16(14)21-18(22-17)23-9-5-6-10-23/h3-4,7-8,11H,5-6,9-10H2,1-2H3,(H2,19,20,21,22). The first-order chi connectivity index (χ1) is 11.2. The molecule has 0 radical (unpaired) electrons. The quantitative estimate of drug-likeness (QED) is 0.770. The summed E-state index contributed by atoms with van der Waals surface area (Å²) in [7, 11) is 0. The lowest BCUT2D eigenvalue weighted by atomic mass is 10.2. The molecule has 1 aliphatic rings. The summed E-state index contributed by atoms with van der Waals surface area (Å²) in [6.07, 6.45) is 2.43. The third-order valence-corrected chi connectivity index (χ3v) is 4.40. The van der Waals surface area contributed by atoms with Gasteiger partial charge in [-0.05, 0) is 44.4 Å². The van der Waals surface area contributed by atoms with Crippen molar-refractivity contribution in [1.29, 1.82) is 0 Å². The average molecular weight is 307 g/mol. The highest BCUT2D eigenvalue weighted by atomic mass is 15.3. The minimum Gasteiger partial charge on any atom is -0.343 e. The number of anilines is 3. The van der Waals surface area contributed by atoms with Crippen LogP contribution in [0.15, 0.2) is 30.3 Å². The van der Waals surface area contributed by atoms with Gasteiger partial charge in [0.1, 0.15) is 11.5 Å². The highest BCUT2D eigenvalue weighted by Gasteiger charge is 2.18. The highest BCUT2D eigenvalue weighted by Crippen LogP contribution is 2.29. The molecule has 2 N–H and O–H groups in total. The zero-order chi connectivity index (χ0) is 15.8. The largest absolute Gasteiger partial charge is 0.343 e. The van der Waals surface area contributed by atoms with Gasteiger partial charge in [0.2, 0.25) is 5.95 Å². The van der Waals surface area contributed by atoms with Crippen molar-refractivity contribution >= 4 is 28.5 Å². The minimum atomic E-state index is 0.813. The molecule has 2 aromatic heterocycles. The van der Waals surface area contributed by atoms with E-state index in [4.69, 9.17) is 9.97 Å². The molecule has 4 rings (SSSR count). The first-order valence-corrected chi connectivity index (χ1v) is 8.16. The lowest BCUT2D eigenvalue weighted by Crippen LogP contribution is -2.20. The van der Waals surface area contributed by atoms with E-state index in [1.54, 1.807) is 0 Å². The maximum Gasteiger partial charge on any atom is 0.229 e. The van der Waals surface area contributed by atoms with Crippen LogP contribution in [0.4, 0.5) is 17.5 Å². The molecule has 1 fully saturated rings. The zero-order valence-electron chi connectivity index (χ0n) is 13.6. The highest BCUT2D eigenvalue weighted by molar-refractivity contribution is 5.91. The van der Waals surface area contributed by atoms with Gasteiger partial charge in [-0.25, -0.2) is 0 Å². The number of hydrogen-bond acceptors (Lipinski definition) is 4. The number of aryl methyl sites for hydroxylation is 2. The lowest BCUT2D eigenvalue weighted by Gasteiger charge is -2.17. The molecule has 23 heavy (non-hydrogen) atoms. The summed E-state index contributed by atoms with van der Waals surface area (Å²) in [4.78, 5) is 15.1. The number of aromatic amines is 1. The maximum absolute atomic E-state index is 4.82. The predicted molar refractivity (Wildman–Crippen MR) is 94.5 cm³/mol. The Bertz CT molecular complexity index is 846. The van der Waals surface area contributed by atoms with Crippen molar-refractivity contribution in [3.05, 3.63) is 41.6 Å². The molecule has 1 saturated heterocycles. The number of H-pyrrole nitrogens is 1. The molecule has 118 valence electrons. The fourth-order valence-electron chi connectivity index (χ4n) is 3.12. The Kier molecular flexibility index (Phi) is 3.41. The summed E-state index contributed by atoms with van der Waals surface area (Å²) in [5.41, 5.74) is 4.28. The smallest absolute Gasteiger partial charge is 0.229 e. The Morgan fingerprint density at radius 3 is 2.65 bits per heavy atom. The van der Waals surface area contributed by atoms with Crippen LogP contribution in [0.3, 0.4) is 0 Å². The molecular formula is C18H21N5. The molecule has 3 heterocycles. The van der Waals surface area contributed by atoms with Crippen molar-refractivity contribution in [3.8, 4) is 0 Å². The molecule has 0 saturated carbocycles. The monoisotopic (exact) mass is 307 g/mol. The summed E-state index contributed by atoms with van der Waals surface area (Å²) in [6.45, 7) is 6.23. The SMILES string of the molecule is Cc1cc2c(Nc3ccccc3C)nc(N3CCCC3)nc2[nH]1. The van der Waals surface area contributed by atoms with Crippen LogP contribution in [0.1, 0.15) is 24.1 Å². The predicted octanol–water partition coefficient (Wildman–Crippen LogP) is 3.92. The van der Waals surface area contributed by atoms with Gasteiger partial charge in [0.15, 0.2) is 0 Å². The molecule has 5 nitrogen and oxygen atoms in total. The number of benzene rings is 1. The lowest BCUT2D eigenvalue weighted by molar-refractivity contribution is 0.906. The Labute approximate surface area is 135 Å². The van der Waals surface area contributed by atoms with Crippen molar-refractivity contribution < 1.29 is 0 Å². The van der Waals surface area contributed by atoms with Gasteiger partial charge < -0.3 is 15.2 Å². The van der Waals surface area contributed by atoms with Gasteiger partial charge in [-0.3, -0.25) is 0 Å². The average Bonchev–Trinajstić information content (AvgIpc) is 3.18. The third kappa shape index (κ3) is 2.63. The Morgan fingerprint density at radius 2 is 1.87 bits per heavy atom. The van der Waals surface area contributed by atoms with Gasteiger partial charge in [-0.2, -0.15) is 9.97 Å². The molecule has 0 aliphatic carbocycles. The number of aromatic nitrogens is 3. The van der Waals surface area contributed by atoms with Crippen molar-refractivity contribution in [2.45, 2.75) is 26.7 Å². The summed E-state index contributed by atoms with van der Waals surface area (Å²) in [5, 5.41) is 4.53. The fraction of sp³-hybridized carbons (Fsp3) is 0.333. The topological polar surface area (TPSA) is 56.8 Å². The summed E-state index contributed by atoms with van der Waals surface area (Å²) in [5.74, 6) is 1.68. The van der Waals surface area contributed by atoms with Gasteiger partial charge in [-0.15, -0.1) is 0 Å². The second kappa shape index (κ2) is 5.57. The summed E-state index contributed by atoms with van der Waals surface area (Å²) in [6, 6.07) is 10.4. The third-order valence-electron chi connectivity index (χ3n) is 4.40. The van der Waals surface area contributed by atoms with Crippen LogP contribution in [0, 0.1) is 13.8 Å². The van der Waals surface area contributed by atoms with Crippen LogP contribution in [-0.2, 0) is 0 Å². The van der Waals surface area contributed by atoms with Crippen LogP contribution in [0.25, 0.3) is 11.0 Å². The van der Waals surface area contributed by atoms with Gasteiger partial charge in [-0.1, -0.05) is 18.2 Å². The minimum absolute atomic E-state index is 0.813. The van der Waals surface area contributed by atoms with Crippen LogP contribution in [0.2, 0.25) is 0 Å². The summed E-state index contributed by atoms with van der Waals surface area (Å²) < 4.78 is 0. The molecule has 1 aromatic carbocycles. The fourth-order valence-corrected chi connectivity index (χ4v) is 3.12. The molecule has 0 atom stereocenters. The molecule has 5 heteroatoms. The van der Waals surface area contributed by atoms with Crippen molar-refractivity contribution in [2.24, 2.45) is 0 Å². The first-order valence-electron chi connectivity index (χ1n) is 8.16. The van der Waals surface area contributed by atoms with E-state index in [1.807, 2.05) is 12.1 Å². The van der Waals surface area contributed by atoms with E-state index in [1.165, 1.54) is 18.4 Å². The van der Waals surface area contributed by atoms with E-state index >= 15 is 0 Å². The molecule has 0 bridgehead atoms. The van der Waals surface area contributed by atoms with Crippen molar-refractivity contribution in [2.75, 3.05) is 23.3 Å². The van der Waals surface area contributed by atoms with Crippen LogP contribution >= 0.6 is 0 Å². The van der Waals surface area contributed by atoms with E-state index in [0.717, 1.165) is 47.3 Å². The van der Waals surface area contributed by atoms with Gasteiger partial charge in [0.05, 0.1) is 5.39 Å². The molecule has 0 spiro atoms. The number of fused-ring (bicyclic) bond motifs is 1. The normalized spacial score (nSPS) is 14.6. The van der Waals surface area contributed by atoms with E-state index in [2.05, 4.69) is 47.2 Å². The first kappa shape index (κ1) is 14.1. The molecule has 0 amide bonds. The van der Waals surface area contributed by atoms with E-state index in [-0.39, 0.29) is 0 Å². The Balaban J connectivity index is 1.81. The Hall–Kier alpha value is -2.56. The van der Waals surface area contributed by atoms with E-state index in [0.29, 0.717) is 0 Å². The van der Waals surface area contributed by atoms with E-state index in [9.17, 15) is 0 Å². The second-order valence-electron chi connectivity index (χ2n) is 6.22. The number of nitrogens with zero attached hydrogens (tertiary/aromatic N) is 3. The van der Waals surface area contributed by atoms with Gasteiger partial charge >= 0.3 is 0 Å². The van der Waals surface area contributed by atoms with Gasteiger partial charge in [0.25, 0.3) is 0 Å². The maximum atomic E-state index is 4.82. The van der Waals surface area contributed by atoms with Crippen LogP contribution < -0.4 is 10.2 Å². The Morgan fingerprint density at radius 1 is 1.09 bits per heavy atom.